The fourth-order valence-electron chi connectivity index (χ4n) is 2.59. The number of anilines is 1. The Morgan fingerprint density at radius 3 is 2.85 bits per heavy atom. The molecule has 1 saturated heterocycles. The van der Waals surface area contributed by atoms with Gasteiger partial charge >= 0.3 is 0 Å². The minimum atomic E-state index is -0.00403. The first kappa shape index (κ1) is 15.0. The smallest absolute Gasteiger partial charge is 0.226 e. The summed E-state index contributed by atoms with van der Waals surface area (Å²) in [5.74, 6) is 1.98. The Kier molecular flexibility index (Phi) is 5.55. The van der Waals surface area contributed by atoms with Crippen molar-refractivity contribution in [3.8, 4) is 0 Å². The first-order valence-corrected chi connectivity index (χ1v) is 7.27. The number of hydrogen-bond acceptors (Lipinski definition) is 5. The Hall–Kier alpha value is -1.40. The van der Waals surface area contributed by atoms with Crippen molar-refractivity contribution in [3.63, 3.8) is 0 Å². The average Bonchev–Trinajstić information content (AvgIpc) is 2.84. The molecule has 2 rings (SSSR count). The fourth-order valence-corrected chi connectivity index (χ4v) is 2.59. The van der Waals surface area contributed by atoms with Crippen molar-refractivity contribution in [2.75, 3.05) is 38.5 Å². The number of aryl methyl sites for hydroxylation is 1. The minimum absolute atomic E-state index is 0.00403. The Bertz CT molecular complexity index is 425. The second-order valence-electron chi connectivity index (χ2n) is 5.46. The molecule has 0 radical (unpaired) electrons. The average molecular weight is 280 g/mol. The maximum Gasteiger partial charge on any atom is 0.226 e. The van der Waals surface area contributed by atoms with E-state index in [4.69, 9.17) is 4.52 Å². The molecule has 0 saturated carbocycles. The molecule has 1 aromatic heterocycles. The highest BCUT2D eigenvalue weighted by molar-refractivity contribution is 5.89. The van der Waals surface area contributed by atoms with Gasteiger partial charge in [-0.15, -0.1) is 0 Å². The van der Waals surface area contributed by atoms with Crippen molar-refractivity contribution in [1.82, 2.24) is 15.4 Å². The van der Waals surface area contributed by atoms with Gasteiger partial charge in [0.05, 0.1) is 0 Å². The third kappa shape index (κ3) is 4.61. The van der Waals surface area contributed by atoms with Gasteiger partial charge in [-0.1, -0.05) is 5.16 Å². The molecule has 0 spiro atoms. The van der Waals surface area contributed by atoms with Crippen molar-refractivity contribution >= 4 is 11.7 Å². The summed E-state index contributed by atoms with van der Waals surface area (Å²) >= 11 is 0. The van der Waals surface area contributed by atoms with Gasteiger partial charge in [-0.05, 0) is 52.4 Å². The van der Waals surface area contributed by atoms with Gasteiger partial charge in [0, 0.05) is 19.0 Å². The van der Waals surface area contributed by atoms with Crippen LogP contribution in [0.2, 0.25) is 0 Å². The van der Waals surface area contributed by atoms with Crippen molar-refractivity contribution in [2.45, 2.75) is 26.2 Å². The number of nitrogens with one attached hydrogen (secondary N) is 2. The van der Waals surface area contributed by atoms with E-state index in [1.54, 1.807) is 13.0 Å². The van der Waals surface area contributed by atoms with Crippen LogP contribution in [0, 0.1) is 12.8 Å². The Morgan fingerprint density at radius 2 is 2.25 bits per heavy atom. The molecule has 1 amide bonds. The predicted molar refractivity (Wildman–Crippen MR) is 77.6 cm³/mol. The number of amides is 1. The number of aromatic nitrogens is 1. The number of carbonyl (C=O) groups excluding carboxylic acids is 1. The molecule has 20 heavy (non-hydrogen) atoms. The van der Waals surface area contributed by atoms with Crippen LogP contribution in [0.3, 0.4) is 0 Å². The third-order valence-electron chi connectivity index (χ3n) is 3.75. The van der Waals surface area contributed by atoms with E-state index in [-0.39, 0.29) is 5.91 Å². The number of rotatable bonds is 6. The van der Waals surface area contributed by atoms with E-state index < -0.39 is 0 Å². The van der Waals surface area contributed by atoms with Gasteiger partial charge in [-0.2, -0.15) is 0 Å². The fraction of sp³-hybridized carbons (Fsp3) is 0.714. The highest BCUT2D eigenvalue weighted by atomic mass is 16.5. The molecule has 6 heteroatoms. The van der Waals surface area contributed by atoms with Crippen molar-refractivity contribution in [1.29, 1.82) is 0 Å². The second kappa shape index (κ2) is 7.40. The summed E-state index contributed by atoms with van der Waals surface area (Å²) in [6.07, 6.45) is 2.93. The van der Waals surface area contributed by atoms with Crippen LogP contribution >= 0.6 is 0 Å². The van der Waals surface area contributed by atoms with Crippen LogP contribution < -0.4 is 10.6 Å². The summed E-state index contributed by atoms with van der Waals surface area (Å²) in [6, 6.07) is 1.72. The molecule has 0 aliphatic carbocycles. The molecule has 2 N–H and O–H groups in total. The van der Waals surface area contributed by atoms with Crippen LogP contribution in [0.5, 0.6) is 0 Å². The van der Waals surface area contributed by atoms with Gasteiger partial charge in [0.2, 0.25) is 5.91 Å². The lowest BCUT2D eigenvalue weighted by atomic mass is 9.97. The molecule has 6 nitrogen and oxygen atoms in total. The zero-order valence-corrected chi connectivity index (χ0v) is 12.3. The quantitative estimate of drug-likeness (QED) is 0.820. The molecule has 1 aromatic rings. The van der Waals surface area contributed by atoms with Crippen LogP contribution in [0.25, 0.3) is 0 Å². The molecular formula is C14H24N4O2. The summed E-state index contributed by atoms with van der Waals surface area (Å²) < 4.78 is 4.91. The van der Waals surface area contributed by atoms with Gasteiger partial charge in [0.25, 0.3) is 0 Å². The standard InChI is InChI=1S/C14H24N4O2/c1-11-9-13(17-20-11)16-14(19)5-8-18-6-3-12(4-7-18)10-15-2/h9,12,15H,3-8,10H2,1-2H3,(H,16,17,19). The maximum atomic E-state index is 11.8. The van der Waals surface area contributed by atoms with Gasteiger partial charge in [0.15, 0.2) is 5.82 Å². The second-order valence-corrected chi connectivity index (χ2v) is 5.46. The van der Waals surface area contributed by atoms with E-state index in [9.17, 15) is 4.79 Å². The van der Waals surface area contributed by atoms with Crippen LogP contribution in [-0.2, 0) is 4.79 Å². The molecular weight excluding hydrogens is 256 g/mol. The van der Waals surface area contributed by atoms with Crippen molar-refractivity contribution in [3.05, 3.63) is 11.8 Å². The summed E-state index contributed by atoms with van der Waals surface area (Å²) in [5.41, 5.74) is 0. The first-order valence-electron chi connectivity index (χ1n) is 7.27. The van der Waals surface area contributed by atoms with E-state index in [1.807, 2.05) is 7.05 Å². The van der Waals surface area contributed by atoms with Crippen molar-refractivity contribution in [2.24, 2.45) is 5.92 Å². The lowest BCUT2D eigenvalue weighted by Crippen LogP contribution is -2.38. The molecule has 1 aliphatic rings. The minimum Gasteiger partial charge on any atom is -0.360 e. The van der Waals surface area contributed by atoms with Crippen LogP contribution in [-0.4, -0.2) is 49.2 Å². The number of carbonyl (C=O) groups is 1. The maximum absolute atomic E-state index is 11.8. The summed E-state index contributed by atoms with van der Waals surface area (Å²) in [7, 11) is 2.00. The zero-order chi connectivity index (χ0) is 14.4. The normalized spacial score (nSPS) is 17.3. The summed E-state index contributed by atoms with van der Waals surface area (Å²) in [6.45, 7) is 5.89. The first-order chi connectivity index (χ1) is 9.67. The molecule has 1 aliphatic heterocycles. The van der Waals surface area contributed by atoms with E-state index in [1.165, 1.54) is 12.8 Å². The number of piperidine rings is 1. The molecule has 0 bridgehead atoms. The van der Waals surface area contributed by atoms with Gasteiger partial charge in [0.1, 0.15) is 5.76 Å². The summed E-state index contributed by atoms with van der Waals surface area (Å²) in [4.78, 5) is 14.2. The Morgan fingerprint density at radius 1 is 1.50 bits per heavy atom. The van der Waals surface area contributed by atoms with Crippen LogP contribution in [0.1, 0.15) is 25.0 Å². The van der Waals surface area contributed by atoms with E-state index in [0.717, 1.165) is 32.1 Å². The topological polar surface area (TPSA) is 70.4 Å². The van der Waals surface area contributed by atoms with Crippen LogP contribution in [0.4, 0.5) is 5.82 Å². The van der Waals surface area contributed by atoms with E-state index >= 15 is 0 Å². The zero-order valence-electron chi connectivity index (χ0n) is 12.3. The predicted octanol–water partition coefficient (Wildman–Crippen LogP) is 1.24. The largest absolute Gasteiger partial charge is 0.360 e. The Labute approximate surface area is 119 Å². The van der Waals surface area contributed by atoms with Crippen molar-refractivity contribution < 1.29 is 9.32 Å². The van der Waals surface area contributed by atoms with Gasteiger partial charge in [-0.3, -0.25) is 4.79 Å². The lowest BCUT2D eigenvalue weighted by molar-refractivity contribution is -0.116. The number of nitrogens with zero attached hydrogens (tertiary/aromatic N) is 2. The molecule has 0 aromatic carbocycles. The van der Waals surface area contributed by atoms with Crippen LogP contribution in [0.15, 0.2) is 10.6 Å². The SMILES string of the molecule is CNCC1CCN(CCC(=O)Nc2cc(C)on2)CC1. The third-order valence-corrected chi connectivity index (χ3v) is 3.75. The Balaban J connectivity index is 1.64. The molecule has 1 fully saturated rings. The highest BCUT2D eigenvalue weighted by Gasteiger charge is 2.19. The van der Waals surface area contributed by atoms with E-state index in [0.29, 0.717) is 18.0 Å². The number of hydrogen-bond donors (Lipinski definition) is 2. The van der Waals surface area contributed by atoms with E-state index in [2.05, 4.69) is 20.7 Å². The summed E-state index contributed by atoms with van der Waals surface area (Å²) in [5, 5.41) is 9.74. The monoisotopic (exact) mass is 280 g/mol. The van der Waals surface area contributed by atoms with Gasteiger partial charge < -0.3 is 20.1 Å². The lowest BCUT2D eigenvalue weighted by Gasteiger charge is -2.31. The number of likely N-dealkylation sites (tertiary alicyclic amines) is 1. The highest BCUT2D eigenvalue weighted by Crippen LogP contribution is 2.16. The molecule has 112 valence electrons. The molecule has 0 atom stereocenters. The molecule has 2 heterocycles. The van der Waals surface area contributed by atoms with Gasteiger partial charge in [-0.25, -0.2) is 0 Å². The molecule has 0 unspecified atom stereocenters.